The lowest BCUT2D eigenvalue weighted by Gasteiger charge is -2.28. The highest BCUT2D eigenvalue weighted by atomic mass is 32.1. The van der Waals surface area contributed by atoms with E-state index >= 15 is 0 Å². The topological polar surface area (TPSA) is 62.6 Å². The second-order valence-electron chi connectivity index (χ2n) is 5.24. The van der Waals surface area contributed by atoms with Gasteiger partial charge in [-0.15, -0.1) is 0 Å². The summed E-state index contributed by atoms with van der Waals surface area (Å²) >= 11 is 5.14. The summed E-state index contributed by atoms with van der Waals surface area (Å²) in [6.07, 6.45) is 1.42. The van der Waals surface area contributed by atoms with Gasteiger partial charge in [-0.25, -0.2) is 0 Å². The van der Waals surface area contributed by atoms with E-state index in [0.29, 0.717) is 17.2 Å². The number of benzene rings is 1. The molecule has 0 saturated carbocycles. The zero-order valence-corrected chi connectivity index (χ0v) is 13.4. The van der Waals surface area contributed by atoms with E-state index < -0.39 is 11.8 Å². The van der Waals surface area contributed by atoms with Crippen molar-refractivity contribution >= 4 is 40.9 Å². The molecule has 6 heteroatoms. The Balaban J connectivity index is 2.00. The van der Waals surface area contributed by atoms with Crippen molar-refractivity contribution in [3.63, 3.8) is 0 Å². The minimum atomic E-state index is -0.530. The number of carbonyl (C=O) groups excluding carboxylic acids is 2. The lowest BCUT2D eigenvalue weighted by atomic mass is 10.1. The van der Waals surface area contributed by atoms with E-state index in [9.17, 15) is 9.59 Å². The van der Waals surface area contributed by atoms with Gasteiger partial charge in [0, 0.05) is 0 Å². The molecular weight excluding hydrogens is 312 g/mol. The summed E-state index contributed by atoms with van der Waals surface area (Å²) in [5.41, 5.74) is 1.65. The molecule has 0 atom stereocenters. The molecule has 0 unspecified atom stereocenters. The van der Waals surface area contributed by atoms with Crippen molar-refractivity contribution in [3.05, 3.63) is 59.1 Å². The van der Waals surface area contributed by atoms with Crippen LogP contribution in [0.4, 0.5) is 5.69 Å². The molecular formula is C17H14N2O3S. The predicted octanol–water partition coefficient (Wildman–Crippen LogP) is 2.73. The Bertz CT molecular complexity index is 834. The zero-order chi connectivity index (χ0) is 16.6. The Labute approximate surface area is 138 Å². The molecule has 2 amide bonds. The molecule has 1 aliphatic rings. The molecule has 1 aliphatic heterocycles. The lowest BCUT2D eigenvalue weighted by molar-refractivity contribution is -0.122. The van der Waals surface area contributed by atoms with Crippen LogP contribution in [0, 0.1) is 13.8 Å². The van der Waals surface area contributed by atoms with Gasteiger partial charge >= 0.3 is 0 Å². The lowest BCUT2D eigenvalue weighted by Crippen LogP contribution is -2.54. The second-order valence-corrected chi connectivity index (χ2v) is 5.63. The number of anilines is 1. The summed E-state index contributed by atoms with van der Waals surface area (Å²) in [5.74, 6) is 0.137. The minimum absolute atomic E-state index is 0.0199. The van der Waals surface area contributed by atoms with Gasteiger partial charge in [-0.1, -0.05) is 17.7 Å². The van der Waals surface area contributed by atoms with Crippen LogP contribution in [0.25, 0.3) is 6.08 Å². The van der Waals surface area contributed by atoms with Gasteiger partial charge in [-0.3, -0.25) is 19.8 Å². The molecule has 2 aromatic rings. The largest absolute Gasteiger partial charge is 0.462 e. The second kappa shape index (κ2) is 5.81. The Morgan fingerprint density at radius 2 is 1.78 bits per heavy atom. The van der Waals surface area contributed by atoms with Crippen LogP contribution >= 0.6 is 12.2 Å². The van der Waals surface area contributed by atoms with Gasteiger partial charge in [-0.05, 0) is 56.4 Å². The van der Waals surface area contributed by atoms with Gasteiger partial charge in [0.15, 0.2) is 5.11 Å². The van der Waals surface area contributed by atoms with Gasteiger partial charge in [0.1, 0.15) is 17.1 Å². The highest BCUT2D eigenvalue weighted by molar-refractivity contribution is 7.80. The molecule has 1 saturated heterocycles. The van der Waals surface area contributed by atoms with Gasteiger partial charge < -0.3 is 4.42 Å². The molecule has 1 fully saturated rings. The number of aryl methyl sites for hydroxylation is 2. The molecule has 116 valence electrons. The van der Waals surface area contributed by atoms with Crippen molar-refractivity contribution in [2.45, 2.75) is 13.8 Å². The van der Waals surface area contributed by atoms with Crippen molar-refractivity contribution in [1.82, 2.24) is 5.32 Å². The van der Waals surface area contributed by atoms with E-state index in [2.05, 4.69) is 5.32 Å². The quantitative estimate of drug-likeness (QED) is 0.524. The van der Waals surface area contributed by atoms with Gasteiger partial charge in [0.25, 0.3) is 11.8 Å². The summed E-state index contributed by atoms with van der Waals surface area (Å²) < 4.78 is 5.41. The number of nitrogens with zero attached hydrogens (tertiary/aromatic N) is 1. The van der Waals surface area contributed by atoms with Crippen molar-refractivity contribution in [2.24, 2.45) is 0 Å². The van der Waals surface area contributed by atoms with Crippen molar-refractivity contribution in [3.8, 4) is 0 Å². The molecule has 23 heavy (non-hydrogen) atoms. The third-order valence-corrected chi connectivity index (χ3v) is 3.73. The molecule has 1 aromatic carbocycles. The summed E-state index contributed by atoms with van der Waals surface area (Å²) in [5, 5.41) is 2.60. The highest BCUT2D eigenvalue weighted by Gasteiger charge is 2.34. The third-order valence-electron chi connectivity index (χ3n) is 3.44. The summed E-state index contributed by atoms with van der Waals surface area (Å²) in [6, 6.07) is 10.8. The van der Waals surface area contributed by atoms with Crippen LogP contribution in [0.1, 0.15) is 17.1 Å². The average molecular weight is 326 g/mol. The molecule has 0 radical (unpaired) electrons. The molecule has 0 bridgehead atoms. The molecule has 5 nitrogen and oxygen atoms in total. The normalized spacial score (nSPS) is 16.9. The minimum Gasteiger partial charge on any atom is -0.462 e. The number of furan rings is 1. The summed E-state index contributed by atoms with van der Waals surface area (Å²) in [6.45, 7) is 3.74. The van der Waals surface area contributed by atoms with E-state index in [4.69, 9.17) is 16.6 Å². The van der Waals surface area contributed by atoms with E-state index in [1.54, 1.807) is 31.2 Å². The Morgan fingerprint density at radius 3 is 2.39 bits per heavy atom. The SMILES string of the molecule is Cc1ccc(N2C(=O)C(=Cc3ccc(C)o3)C(=O)NC2=S)cc1. The number of amides is 2. The fourth-order valence-electron chi connectivity index (χ4n) is 2.26. The standard InChI is InChI=1S/C17H14N2O3S/c1-10-3-6-12(7-4-10)19-16(21)14(15(20)18-17(19)23)9-13-8-5-11(2)22-13/h3-9H,1-2H3,(H,18,20,23). The molecule has 1 aromatic heterocycles. The van der Waals surface area contributed by atoms with Crippen LogP contribution in [0.3, 0.4) is 0 Å². The smallest absolute Gasteiger partial charge is 0.270 e. The Kier molecular flexibility index (Phi) is 3.83. The molecule has 2 heterocycles. The first-order chi connectivity index (χ1) is 11.0. The molecule has 0 spiro atoms. The number of thiocarbonyl (C=S) groups is 1. The maximum atomic E-state index is 12.7. The number of hydrogen-bond donors (Lipinski definition) is 1. The number of carbonyl (C=O) groups is 2. The zero-order valence-electron chi connectivity index (χ0n) is 12.6. The number of rotatable bonds is 2. The van der Waals surface area contributed by atoms with Crippen LogP contribution < -0.4 is 10.2 Å². The maximum absolute atomic E-state index is 12.7. The van der Waals surface area contributed by atoms with Gasteiger partial charge in [0.05, 0.1) is 5.69 Å². The molecule has 0 aliphatic carbocycles. The molecule has 3 rings (SSSR count). The Morgan fingerprint density at radius 1 is 1.09 bits per heavy atom. The van der Waals surface area contributed by atoms with Gasteiger partial charge in [0.2, 0.25) is 0 Å². The van der Waals surface area contributed by atoms with Crippen LogP contribution in [-0.4, -0.2) is 16.9 Å². The van der Waals surface area contributed by atoms with Crippen LogP contribution in [-0.2, 0) is 9.59 Å². The predicted molar refractivity (Wildman–Crippen MR) is 90.8 cm³/mol. The summed E-state index contributed by atoms with van der Waals surface area (Å²) in [7, 11) is 0. The van der Waals surface area contributed by atoms with E-state index in [1.807, 2.05) is 19.1 Å². The first-order valence-electron chi connectivity index (χ1n) is 7.00. The third kappa shape index (κ3) is 2.93. The van der Waals surface area contributed by atoms with Crippen LogP contribution in [0.5, 0.6) is 0 Å². The number of nitrogens with one attached hydrogen (secondary N) is 1. The van der Waals surface area contributed by atoms with E-state index in [-0.39, 0.29) is 10.7 Å². The fourth-order valence-corrected chi connectivity index (χ4v) is 2.54. The average Bonchev–Trinajstić information content (AvgIpc) is 2.91. The summed E-state index contributed by atoms with van der Waals surface area (Å²) in [4.78, 5) is 26.1. The van der Waals surface area contributed by atoms with E-state index in [0.717, 1.165) is 5.56 Å². The van der Waals surface area contributed by atoms with Crippen molar-refractivity contribution < 1.29 is 14.0 Å². The van der Waals surface area contributed by atoms with Crippen LogP contribution in [0.2, 0.25) is 0 Å². The van der Waals surface area contributed by atoms with E-state index in [1.165, 1.54) is 11.0 Å². The Hall–Kier alpha value is -2.73. The fraction of sp³-hybridized carbons (Fsp3) is 0.118. The first kappa shape index (κ1) is 15.2. The van der Waals surface area contributed by atoms with Crippen molar-refractivity contribution in [2.75, 3.05) is 4.90 Å². The first-order valence-corrected chi connectivity index (χ1v) is 7.41. The monoisotopic (exact) mass is 326 g/mol. The highest BCUT2D eigenvalue weighted by Crippen LogP contribution is 2.22. The van der Waals surface area contributed by atoms with Crippen molar-refractivity contribution in [1.29, 1.82) is 0 Å². The van der Waals surface area contributed by atoms with Crippen LogP contribution in [0.15, 0.2) is 46.4 Å². The van der Waals surface area contributed by atoms with Gasteiger partial charge in [-0.2, -0.15) is 0 Å². The molecule has 1 N–H and O–H groups in total. The number of hydrogen-bond acceptors (Lipinski definition) is 4. The maximum Gasteiger partial charge on any atom is 0.270 e.